The van der Waals surface area contributed by atoms with Crippen LogP contribution >= 0.6 is 15.9 Å². The molecular weight excluding hydrogens is 180 g/mol. The third-order valence-electron chi connectivity index (χ3n) is 0.783. The van der Waals surface area contributed by atoms with Crippen molar-refractivity contribution in [3.63, 3.8) is 0 Å². The van der Waals surface area contributed by atoms with Crippen molar-refractivity contribution in [2.75, 3.05) is 5.33 Å². The number of ether oxygens (including phenoxy) is 1. The molecule has 0 rings (SSSR count). The van der Waals surface area contributed by atoms with E-state index in [0.29, 0.717) is 0 Å². The molecule has 0 unspecified atom stereocenters. The second-order valence-electron chi connectivity index (χ2n) is 2.33. The van der Waals surface area contributed by atoms with Gasteiger partial charge in [0, 0.05) is 5.33 Å². The Labute approximate surface area is 64.5 Å². The van der Waals surface area contributed by atoms with Crippen LogP contribution in [-0.4, -0.2) is 10.9 Å². The summed E-state index contributed by atoms with van der Waals surface area (Å²) in [6, 6.07) is 0. The summed E-state index contributed by atoms with van der Waals surface area (Å²) in [5, 5.41) is 0.804. The quantitative estimate of drug-likeness (QED) is 0.378. The van der Waals surface area contributed by atoms with Gasteiger partial charge in [-0.15, -0.1) is 0 Å². The molecule has 0 heterocycles. The smallest absolute Gasteiger partial charge is 0.125 e. The van der Waals surface area contributed by atoms with Gasteiger partial charge in [0.2, 0.25) is 0 Å². The molecule has 0 N–H and O–H groups in total. The van der Waals surface area contributed by atoms with Crippen LogP contribution in [0.1, 0.15) is 13.8 Å². The molecule has 0 aliphatic rings. The van der Waals surface area contributed by atoms with E-state index < -0.39 is 0 Å². The van der Waals surface area contributed by atoms with Gasteiger partial charge in [-0.05, 0) is 13.8 Å². The van der Waals surface area contributed by atoms with Crippen molar-refractivity contribution in [3.8, 4) is 0 Å². The fraction of sp³-hybridized carbons (Fsp3) is 0.571. The summed E-state index contributed by atoms with van der Waals surface area (Å²) in [4.78, 5) is 0. The molecule has 0 spiro atoms. The molecule has 0 radical (unpaired) electrons. The van der Waals surface area contributed by atoms with Gasteiger partial charge in [-0.3, -0.25) is 0 Å². The Balaban J connectivity index is 3.71. The van der Waals surface area contributed by atoms with Gasteiger partial charge in [0.1, 0.15) is 11.9 Å². The van der Waals surface area contributed by atoms with E-state index in [1.807, 2.05) is 13.8 Å². The maximum atomic E-state index is 5.18. The molecular formula is C7H11BrO. The molecule has 0 amide bonds. The molecule has 0 atom stereocenters. The molecule has 0 aliphatic heterocycles. The lowest BCUT2D eigenvalue weighted by atomic mass is 10.2. The van der Waals surface area contributed by atoms with Gasteiger partial charge in [-0.25, -0.2) is 0 Å². The highest BCUT2D eigenvalue weighted by molar-refractivity contribution is 9.09. The van der Waals surface area contributed by atoms with Crippen molar-refractivity contribution in [1.82, 2.24) is 0 Å². The van der Waals surface area contributed by atoms with E-state index in [2.05, 4.69) is 28.2 Å². The molecule has 0 aromatic rings. The van der Waals surface area contributed by atoms with Crippen molar-refractivity contribution >= 4 is 15.9 Å². The Morgan fingerprint density at radius 2 is 2.33 bits per heavy atom. The molecule has 2 heteroatoms. The van der Waals surface area contributed by atoms with Crippen molar-refractivity contribution in [2.24, 2.45) is 0 Å². The first-order chi connectivity index (χ1) is 4.12. The van der Waals surface area contributed by atoms with E-state index in [1.165, 1.54) is 6.26 Å². The van der Waals surface area contributed by atoms with Gasteiger partial charge in [0.05, 0.1) is 0 Å². The summed E-state index contributed by atoms with van der Waals surface area (Å²) in [5.74, 6) is 0. The fourth-order valence-corrected chi connectivity index (χ4v) is 0.365. The second-order valence-corrected chi connectivity index (χ2v) is 2.89. The lowest BCUT2D eigenvalue weighted by Gasteiger charge is -2.19. The van der Waals surface area contributed by atoms with E-state index in [9.17, 15) is 0 Å². The number of rotatable bonds is 3. The largest absolute Gasteiger partial charge is 0.486 e. The zero-order valence-corrected chi connectivity index (χ0v) is 7.36. The van der Waals surface area contributed by atoms with E-state index in [4.69, 9.17) is 4.74 Å². The minimum absolute atomic E-state index is 0.148. The van der Waals surface area contributed by atoms with E-state index in [0.717, 1.165) is 5.33 Å². The highest BCUT2D eigenvalue weighted by atomic mass is 79.9. The Morgan fingerprint density at radius 3 is 2.67 bits per heavy atom. The van der Waals surface area contributed by atoms with Crippen molar-refractivity contribution in [2.45, 2.75) is 19.4 Å². The molecule has 9 heavy (non-hydrogen) atoms. The Kier molecular flexibility index (Phi) is 3.67. The monoisotopic (exact) mass is 190 g/mol. The molecule has 52 valence electrons. The lowest BCUT2D eigenvalue weighted by Crippen LogP contribution is -2.23. The van der Waals surface area contributed by atoms with Crippen LogP contribution in [0.5, 0.6) is 0 Å². The van der Waals surface area contributed by atoms with Crippen molar-refractivity contribution in [1.29, 1.82) is 0 Å². The lowest BCUT2D eigenvalue weighted by molar-refractivity contribution is 0.0830. The first-order valence-corrected chi connectivity index (χ1v) is 3.82. The van der Waals surface area contributed by atoms with E-state index in [-0.39, 0.29) is 5.60 Å². The second kappa shape index (κ2) is 3.76. The molecule has 0 aromatic carbocycles. The van der Waals surface area contributed by atoms with Crippen LogP contribution in [0.2, 0.25) is 0 Å². The maximum absolute atomic E-state index is 5.18. The summed E-state index contributed by atoms with van der Waals surface area (Å²) < 4.78 is 5.18. The average Bonchev–Trinajstić information content (AvgIpc) is 1.84. The van der Waals surface area contributed by atoms with Gasteiger partial charge in [0.15, 0.2) is 0 Å². The topological polar surface area (TPSA) is 9.23 Å². The third kappa shape index (κ3) is 4.31. The van der Waals surface area contributed by atoms with Crippen LogP contribution < -0.4 is 0 Å². The van der Waals surface area contributed by atoms with Gasteiger partial charge in [-0.1, -0.05) is 28.2 Å². The molecule has 0 saturated carbocycles. The Morgan fingerprint density at radius 1 is 1.78 bits per heavy atom. The highest BCUT2D eigenvalue weighted by Crippen LogP contribution is 2.11. The highest BCUT2D eigenvalue weighted by Gasteiger charge is 2.14. The predicted molar refractivity (Wildman–Crippen MR) is 42.7 cm³/mol. The van der Waals surface area contributed by atoms with E-state index >= 15 is 0 Å². The van der Waals surface area contributed by atoms with Gasteiger partial charge < -0.3 is 4.74 Å². The van der Waals surface area contributed by atoms with Crippen LogP contribution in [0.4, 0.5) is 0 Å². The van der Waals surface area contributed by atoms with E-state index in [1.54, 1.807) is 0 Å². The molecule has 0 aromatic heterocycles. The molecule has 1 nitrogen and oxygen atoms in total. The molecule has 0 bridgehead atoms. The maximum Gasteiger partial charge on any atom is 0.125 e. The Bertz CT molecular complexity index is 123. The zero-order valence-electron chi connectivity index (χ0n) is 5.78. The van der Waals surface area contributed by atoms with Crippen LogP contribution in [0.25, 0.3) is 0 Å². The Hall–Kier alpha value is -0.200. The van der Waals surface area contributed by atoms with Crippen LogP contribution in [0.15, 0.2) is 18.6 Å². The third-order valence-corrected chi connectivity index (χ3v) is 2.13. The summed E-state index contributed by atoms with van der Waals surface area (Å²) in [6.45, 7) is 7.34. The van der Waals surface area contributed by atoms with Crippen LogP contribution in [0.3, 0.4) is 0 Å². The summed E-state index contributed by atoms with van der Waals surface area (Å²) in [6.07, 6.45) is 1.47. The predicted octanol–water partition coefficient (Wildman–Crippen LogP) is 2.48. The van der Waals surface area contributed by atoms with Gasteiger partial charge >= 0.3 is 0 Å². The molecule has 0 saturated heterocycles. The number of hydrogen-bond donors (Lipinski definition) is 0. The average molecular weight is 191 g/mol. The SMILES string of the molecule is C=C=COC(C)(C)CBr. The summed E-state index contributed by atoms with van der Waals surface area (Å²) in [5.41, 5.74) is 2.39. The standard InChI is InChI=1S/C7H11BrO/c1-4-5-9-7(2,3)6-8/h5H,1,6H2,2-3H3. The minimum Gasteiger partial charge on any atom is -0.486 e. The zero-order chi connectivity index (χ0) is 7.33. The number of alkyl halides is 1. The van der Waals surface area contributed by atoms with Crippen LogP contribution in [0, 0.1) is 0 Å². The van der Waals surface area contributed by atoms with Crippen molar-refractivity contribution < 1.29 is 4.74 Å². The summed E-state index contributed by atoms with van der Waals surface area (Å²) >= 11 is 3.31. The molecule has 0 fully saturated rings. The van der Waals surface area contributed by atoms with Gasteiger partial charge in [0.25, 0.3) is 0 Å². The molecule has 0 aliphatic carbocycles. The first kappa shape index (κ1) is 8.80. The number of halogens is 1. The minimum atomic E-state index is -0.148. The van der Waals surface area contributed by atoms with Crippen LogP contribution in [-0.2, 0) is 4.74 Å². The summed E-state index contributed by atoms with van der Waals surface area (Å²) in [7, 11) is 0. The van der Waals surface area contributed by atoms with Gasteiger partial charge in [-0.2, -0.15) is 0 Å². The first-order valence-electron chi connectivity index (χ1n) is 2.70. The normalized spacial score (nSPS) is 10.1. The van der Waals surface area contributed by atoms with Crippen molar-refractivity contribution in [3.05, 3.63) is 18.6 Å². The number of hydrogen-bond acceptors (Lipinski definition) is 1. The fourth-order valence-electron chi connectivity index (χ4n) is 0.233.